The SMILES string of the molecule is C=CCSc1nc2ccccc2c(=O)n1CCc1ccccc1. The highest BCUT2D eigenvalue weighted by Gasteiger charge is 2.10. The Bertz CT molecular complexity index is 871. The summed E-state index contributed by atoms with van der Waals surface area (Å²) in [5, 5.41) is 1.42. The molecule has 0 aliphatic heterocycles. The molecule has 0 radical (unpaired) electrons. The third kappa shape index (κ3) is 3.54. The summed E-state index contributed by atoms with van der Waals surface area (Å²) in [4.78, 5) is 17.5. The molecule has 0 aliphatic rings. The first-order valence-corrected chi connectivity index (χ1v) is 8.55. The molecule has 116 valence electrons. The van der Waals surface area contributed by atoms with Crippen LogP contribution in [0.5, 0.6) is 0 Å². The van der Waals surface area contributed by atoms with E-state index in [-0.39, 0.29) is 5.56 Å². The van der Waals surface area contributed by atoms with E-state index in [2.05, 4.69) is 23.7 Å². The first-order valence-electron chi connectivity index (χ1n) is 7.57. The molecule has 0 N–H and O–H groups in total. The van der Waals surface area contributed by atoms with Crippen LogP contribution in [0, 0.1) is 0 Å². The van der Waals surface area contributed by atoms with Gasteiger partial charge in [0.05, 0.1) is 10.9 Å². The normalized spacial score (nSPS) is 10.8. The van der Waals surface area contributed by atoms with Gasteiger partial charge in [-0.1, -0.05) is 60.3 Å². The van der Waals surface area contributed by atoms with E-state index in [9.17, 15) is 4.79 Å². The summed E-state index contributed by atoms with van der Waals surface area (Å²) in [5.41, 5.74) is 1.99. The van der Waals surface area contributed by atoms with E-state index < -0.39 is 0 Å². The second-order valence-corrected chi connectivity index (χ2v) is 6.19. The summed E-state index contributed by atoms with van der Waals surface area (Å²) < 4.78 is 1.78. The van der Waals surface area contributed by atoms with Crippen LogP contribution < -0.4 is 5.56 Å². The summed E-state index contributed by atoms with van der Waals surface area (Å²) in [6, 6.07) is 17.7. The molecule has 1 heterocycles. The van der Waals surface area contributed by atoms with Crippen molar-refractivity contribution in [1.29, 1.82) is 0 Å². The van der Waals surface area contributed by atoms with Gasteiger partial charge in [0.25, 0.3) is 5.56 Å². The van der Waals surface area contributed by atoms with Crippen LogP contribution in [0.15, 0.2) is 77.2 Å². The monoisotopic (exact) mass is 322 g/mol. The number of hydrogen-bond acceptors (Lipinski definition) is 3. The van der Waals surface area contributed by atoms with Crippen LogP contribution in [0.25, 0.3) is 10.9 Å². The first kappa shape index (κ1) is 15.6. The Kier molecular flexibility index (Phi) is 4.93. The van der Waals surface area contributed by atoms with Crippen molar-refractivity contribution in [3.05, 3.63) is 83.2 Å². The lowest BCUT2D eigenvalue weighted by Gasteiger charge is -2.12. The van der Waals surface area contributed by atoms with E-state index in [4.69, 9.17) is 0 Å². The highest BCUT2D eigenvalue weighted by Crippen LogP contribution is 2.18. The molecule has 0 saturated heterocycles. The fraction of sp³-hybridized carbons (Fsp3) is 0.158. The predicted octanol–water partition coefficient (Wildman–Crippen LogP) is 3.92. The number of hydrogen-bond donors (Lipinski definition) is 0. The second kappa shape index (κ2) is 7.29. The minimum atomic E-state index is 0.0260. The number of aryl methyl sites for hydroxylation is 1. The van der Waals surface area contributed by atoms with Crippen molar-refractivity contribution in [2.75, 3.05) is 5.75 Å². The van der Waals surface area contributed by atoms with Gasteiger partial charge in [0, 0.05) is 12.3 Å². The zero-order chi connectivity index (χ0) is 16.1. The zero-order valence-corrected chi connectivity index (χ0v) is 13.6. The fourth-order valence-electron chi connectivity index (χ4n) is 2.47. The molecule has 23 heavy (non-hydrogen) atoms. The van der Waals surface area contributed by atoms with Crippen LogP contribution in [0.4, 0.5) is 0 Å². The van der Waals surface area contributed by atoms with Gasteiger partial charge in [-0.3, -0.25) is 9.36 Å². The lowest BCUT2D eigenvalue weighted by Crippen LogP contribution is -2.24. The minimum absolute atomic E-state index is 0.0260. The molecule has 0 amide bonds. The van der Waals surface area contributed by atoms with Crippen molar-refractivity contribution < 1.29 is 0 Å². The van der Waals surface area contributed by atoms with E-state index in [1.807, 2.05) is 48.5 Å². The summed E-state index contributed by atoms with van der Waals surface area (Å²) in [7, 11) is 0. The van der Waals surface area contributed by atoms with E-state index in [1.54, 1.807) is 16.3 Å². The topological polar surface area (TPSA) is 34.9 Å². The van der Waals surface area contributed by atoms with E-state index in [0.717, 1.165) is 22.8 Å². The molecule has 0 unspecified atom stereocenters. The van der Waals surface area contributed by atoms with E-state index in [0.29, 0.717) is 11.9 Å². The van der Waals surface area contributed by atoms with Crippen molar-refractivity contribution >= 4 is 22.7 Å². The molecule has 0 spiro atoms. The van der Waals surface area contributed by atoms with Crippen LogP contribution in [-0.2, 0) is 13.0 Å². The molecule has 1 aromatic heterocycles. The molecule has 3 nitrogen and oxygen atoms in total. The van der Waals surface area contributed by atoms with Gasteiger partial charge < -0.3 is 0 Å². The Morgan fingerprint density at radius 3 is 2.61 bits per heavy atom. The van der Waals surface area contributed by atoms with Crippen molar-refractivity contribution in [1.82, 2.24) is 9.55 Å². The highest BCUT2D eigenvalue weighted by molar-refractivity contribution is 7.99. The molecule has 3 aromatic rings. The van der Waals surface area contributed by atoms with Gasteiger partial charge in [-0.25, -0.2) is 4.98 Å². The van der Waals surface area contributed by atoms with Crippen molar-refractivity contribution in [2.45, 2.75) is 18.1 Å². The molecule has 2 aromatic carbocycles. The number of benzene rings is 2. The van der Waals surface area contributed by atoms with Gasteiger partial charge in [0.15, 0.2) is 5.16 Å². The van der Waals surface area contributed by atoms with Gasteiger partial charge >= 0.3 is 0 Å². The summed E-state index contributed by atoms with van der Waals surface area (Å²) in [5.74, 6) is 0.732. The third-order valence-electron chi connectivity index (χ3n) is 3.62. The molecule has 0 fully saturated rings. The van der Waals surface area contributed by atoms with Crippen molar-refractivity contribution in [3.63, 3.8) is 0 Å². The summed E-state index contributed by atoms with van der Waals surface area (Å²) in [6.45, 7) is 4.37. The number of rotatable bonds is 6. The van der Waals surface area contributed by atoms with Gasteiger partial charge in [0.1, 0.15) is 0 Å². The largest absolute Gasteiger partial charge is 0.287 e. The standard InChI is InChI=1S/C19H18N2OS/c1-2-14-23-19-20-17-11-7-6-10-16(17)18(22)21(19)13-12-15-8-4-3-5-9-15/h2-11H,1,12-14H2. The average Bonchev–Trinajstić information content (AvgIpc) is 2.60. The molecule has 3 rings (SSSR count). The van der Waals surface area contributed by atoms with Crippen LogP contribution in [0.2, 0.25) is 0 Å². The molecule has 0 atom stereocenters. The quantitative estimate of drug-likeness (QED) is 0.392. The van der Waals surface area contributed by atoms with Gasteiger partial charge in [-0.05, 0) is 24.1 Å². The minimum Gasteiger partial charge on any atom is -0.287 e. The fourth-order valence-corrected chi connectivity index (χ4v) is 3.23. The lowest BCUT2D eigenvalue weighted by atomic mass is 10.1. The molecule has 0 aliphatic carbocycles. The van der Waals surface area contributed by atoms with Gasteiger partial charge in [-0.2, -0.15) is 0 Å². The van der Waals surface area contributed by atoms with Crippen LogP contribution in [0.1, 0.15) is 5.56 Å². The Morgan fingerprint density at radius 2 is 1.83 bits per heavy atom. The number of nitrogens with zero attached hydrogens (tertiary/aromatic N) is 2. The molecule has 0 saturated carbocycles. The Balaban J connectivity index is 2.00. The van der Waals surface area contributed by atoms with Gasteiger partial charge in [0.2, 0.25) is 0 Å². The third-order valence-corrected chi connectivity index (χ3v) is 4.60. The summed E-state index contributed by atoms with van der Waals surface area (Å²) in [6.07, 6.45) is 2.63. The highest BCUT2D eigenvalue weighted by atomic mass is 32.2. The zero-order valence-electron chi connectivity index (χ0n) is 12.8. The van der Waals surface area contributed by atoms with Crippen molar-refractivity contribution in [2.24, 2.45) is 0 Å². The average molecular weight is 322 g/mol. The number of aromatic nitrogens is 2. The smallest absolute Gasteiger partial charge is 0.262 e. The predicted molar refractivity (Wildman–Crippen MR) is 97.1 cm³/mol. The number of thioether (sulfide) groups is 1. The maximum atomic E-state index is 12.8. The van der Waals surface area contributed by atoms with Crippen molar-refractivity contribution in [3.8, 4) is 0 Å². The number of para-hydroxylation sites is 1. The Morgan fingerprint density at radius 1 is 1.09 bits per heavy atom. The van der Waals surface area contributed by atoms with Crippen LogP contribution in [0.3, 0.4) is 0 Å². The molecular formula is C19H18N2OS. The maximum Gasteiger partial charge on any atom is 0.262 e. The van der Waals surface area contributed by atoms with E-state index >= 15 is 0 Å². The molecule has 4 heteroatoms. The second-order valence-electron chi connectivity index (χ2n) is 5.20. The molecule has 0 bridgehead atoms. The summed E-state index contributed by atoms with van der Waals surface area (Å²) >= 11 is 1.54. The maximum absolute atomic E-state index is 12.8. The molecular weight excluding hydrogens is 304 g/mol. The Labute approximate surface area is 139 Å². The Hall–Kier alpha value is -2.33. The van der Waals surface area contributed by atoms with Gasteiger partial charge in [-0.15, -0.1) is 6.58 Å². The van der Waals surface area contributed by atoms with Crippen LogP contribution >= 0.6 is 11.8 Å². The van der Waals surface area contributed by atoms with E-state index in [1.165, 1.54) is 5.56 Å². The first-order chi connectivity index (χ1) is 11.3. The number of fused-ring (bicyclic) bond motifs is 1. The lowest BCUT2D eigenvalue weighted by molar-refractivity contribution is 0.596. The van der Waals surface area contributed by atoms with Crippen LogP contribution in [-0.4, -0.2) is 15.3 Å².